The second kappa shape index (κ2) is 8.32. The van der Waals surface area contributed by atoms with E-state index in [0.29, 0.717) is 28.2 Å². The van der Waals surface area contributed by atoms with Crippen molar-refractivity contribution in [3.8, 4) is 6.07 Å². The molecule has 0 spiro atoms. The summed E-state index contributed by atoms with van der Waals surface area (Å²) in [6.45, 7) is 0. The van der Waals surface area contributed by atoms with Gasteiger partial charge in [-0.05, 0) is 48.5 Å². The number of urea groups is 1. The number of hydrogen-bond donors (Lipinski definition) is 3. The van der Waals surface area contributed by atoms with Crippen molar-refractivity contribution in [2.45, 2.75) is 0 Å². The van der Waals surface area contributed by atoms with Crippen LogP contribution in [0.25, 0.3) is 0 Å². The van der Waals surface area contributed by atoms with E-state index in [-0.39, 0.29) is 11.9 Å². The molecular formula is C21H16N4O2. The number of carbonyl (C=O) groups is 2. The third kappa shape index (κ3) is 4.94. The van der Waals surface area contributed by atoms with Crippen molar-refractivity contribution in [1.29, 1.82) is 5.26 Å². The van der Waals surface area contributed by atoms with E-state index >= 15 is 0 Å². The minimum Gasteiger partial charge on any atom is -0.322 e. The average molecular weight is 356 g/mol. The lowest BCUT2D eigenvalue weighted by atomic mass is 10.1. The molecule has 0 saturated carbocycles. The third-order valence-corrected chi connectivity index (χ3v) is 3.66. The highest BCUT2D eigenvalue weighted by Gasteiger charge is 2.08. The molecule has 0 unspecified atom stereocenters. The molecule has 27 heavy (non-hydrogen) atoms. The molecule has 0 atom stereocenters. The summed E-state index contributed by atoms with van der Waals surface area (Å²) >= 11 is 0. The summed E-state index contributed by atoms with van der Waals surface area (Å²) in [5, 5.41) is 17.1. The Hall–Kier alpha value is -4.11. The average Bonchev–Trinajstić information content (AvgIpc) is 2.69. The van der Waals surface area contributed by atoms with E-state index in [1.54, 1.807) is 54.6 Å². The Morgan fingerprint density at radius 1 is 0.704 bits per heavy atom. The Morgan fingerprint density at radius 2 is 1.33 bits per heavy atom. The Bertz CT molecular complexity index is 1010. The van der Waals surface area contributed by atoms with Crippen molar-refractivity contribution in [3.63, 3.8) is 0 Å². The number of nitrogens with one attached hydrogen (secondary N) is 3. The highest BCUT2D eigenvalue weighted by molar-refractivity contribution is 6.05. The molecule has 3 amide bonds. The zero-order valence-electron chi connectivity index (χ0n) is 14.3. The molecule has 0 aromatic heterocycles. The van der Waals surface area contributed by atoms with Crippen LogP contribution >= 0.6 is 0 Å². The van der Waals surface area contributed by atoms with Gasteiger partial charge in [0.05, 0.1) is 11.6 Å². The lowest BCUT2D eigenvalue weighted by Crippen LogP contribution is -2.19. The van der Waals surface area contributed by atoms with E-state index < -0.39 is 0 Å². The van der Waals surface area contributed by atoms with Crippen molar-refractivity contribution < 1.29 is 9.59 Å². The quantitative estimate of drug-likeness (QED) is 0.644. The summed E-state index contributed by atoms with van der Waals surface area (Å²) in [6, 6.07) is 23.9. The molecule has 0 heterocycles. The summed E-state index contributed by atoms with van der Waals surface area (Å²) in [5.74, 6) is -0.335. The Labute approximate surface area is 156 Å². The van der Waals surface area contributed by atoms with Crippen LogP contribution in [0.1, 0.15) is 15.9 Å². The van der Waals surface area contributed by atoms with Crippen LogP contribution in [0.4, 0.5) is 21.9 Å². The van der Waals surface area contributed by atoms with Gasteiger partial charge in [-0.25, -0.2) is 4.79 Å². The third-order valence-electron chi connectivity index (χ3n) is 3.66. The van der Waals surface area contributed by atoms with E-state index in [4.69, 9.17) is 5.26 Å². The van der Waals surface area contributed by atoms with Crippen molar-refractivity contribution in [2.24, 2.45) is 0 Å². The first-order valence-corrected chi connectivity index (χ1v) is 8.19. The minimum atomic E-state index is -0.383. The van der Waals surface area contributed by atoms with Gasteiger partial charge in [0.2, 0.25) is 0 Å². The van der Waals surface area contributed by atoms with Crippen LogP contribution in [-0.4, -0.2) is 11.9 Å². The molecule has 0 aliphatic rings. The van der Waals surface area contributed by atoms with Gasteiger partial charge < -0.3 is 16.0 Å². The number of hydrogen-bond acceptors (Lipinski definition) is 3. The second-order valence-corrected chi connectivity index (χ2v) is 5.67. The summed E-state index contributed by atoms with van der Waals surface area (Å²) in [7, 11) is 0. The zero-order valence-corrected chi connectivity index (χ0v) is 14.3. The number of rotatable bonds is 4. The van der Waals surface area contributed by atoms with Gasteiger partial charge in [0.15, 0.2) is 0 Å². The molecule has 3 aromatic rings. The fourth-order valence-corrected chi connectivity index (χ4v) is 2.42. The minimum absolute atomic E-state index is 0.335. The van der Waals surface area contributed by atoms with Crippen LogP contribution in [0.15, 0.2) is 78.9 Å². The molecular weight excluding hydrogens is 340 g/mol. The maximum Gasteiger partial charge on any atom is 0.323 e. The molecule has 3 aromatic carbocycles. The van der Waals surface area contributed by atoms with E-state index in [2.05, 4.69) is 16.0 Å². The second-order valence-electron chi connectivity index (χ2n) is 5.67. The molecule has 0 aliphatic heterocycles. The highest BCUT2D eigenvalue weighted by atomic mass is 16.2. The fourth-order valence-electron chi connectivity index (χ4n) is 2.42. The van der Waals surface area contributed by atoms with Gasteiger partial charge in [-0.15, -0.1) is 0 Å². The lowest BCUT2D eigenvalue weighted by molar-refractivity contribution is 0.102. The highest BCUT2D eigenvalue weighted by Crippen LogP contribution is 2.17. The van der Waals surface area contributed by atoms with Crippen LogP contribution in [0.3, 0.4) is 0 Å². The first-order valence-electron chi connectivity index (χ1n) is 8.19. The van der Waals surface area contributed by atoms with Gasteiger partial charge in [-0.2, -0.15) is 5.26 Å². The van der Waals surface area contributed by atoms with Gasteiger partial charge in [-0.3, -0.25) is 4.79 Å². The van der Waals surface area contributed by atoms with Crippen LogP contribution in [-0.2, 0) is 0 Å². The van der Waals surface area contributed by atoms with Crippen molar-refractivity contribution in [3.05, 3.63) is 90.0 Å². The van der Waals surface area contributed by atoms with Gasteiger partial charge in [-0.1, -0.05) is 30.3 Å². The molecule has 0 bridgehead atoms. The van der Waals surface area contributed by atoms with E-state index in [1.807, 2.05) is 24.3 Å². The van der Waals surface area contributed by atoms with E-state index in [1.165, 1.54) is 6.07 Å². The molecule has 3 N–H and O–H groups in total. The van der Waals surface area contributed by atoms with Gasteiger partial charge >= 0.3 is 6.03 Å². The molecule has 6 nitrogen and oxygen atoms in total. The Kier molecular flexibility index (Phi) is 5.45. The van der Waals surface area contributed by atoms with E-state index in [9.17, 15) is 9.59 Å². The normalized spacial score (nSPS) is 9.74. The van der Waals surface area contributed by atoms with Crippen LogP contribution in [0, 0.1) is 11.3 Å². The number of benzene rings is 3. The Balaban J connectivity index is 1.65. The summed E-state index contributed by atoms with van der Waals surface area (Å²) < 4.78 is 0. The monoisotopic (exact) mass is 356 g/mol. The summed E-state index contributed by atoms with van der Waals surface area (Å²) in [5.41, 5.74) is 2.54. The lowest BCUT2D eigenvalue weighted by Gasteiger charge is -2.10. The number of para-hydroxylation sites is 1. The van der Waals surface area contributed by atoms with Gasteiger partial charge in [0.25, 0.3) is 5.91 Å². The number of anilines is 3. The van der Waals surface area contributed by atoms with E-state index in [0.717, 1.165) is 0 Å². The SMILES string of the molecule is N#Cc1cccc(C(=O)Nc2cccc(NC(=O)Nc3ccccc3)c2)c1. The number of carbonyl (C=O) groups excluding carboxylic acids is 2. The van der Waals surface area contributed by atoms with Crippen molar-refractivity contribution >= 4 is 29.0 Å². The maximum absolute atomic E-state index is 12.3. The van der Waals surface area contributed by atoms with Crippen molar-refractivity contribution in [1.82, 2.24) is 0 Å². The molecule has 132 valence electrons. The van der Waals surface area contributed by atoms with Crippen LogP contribution in [0.5, 0.6) is 0 Å². The Morgan fingerprint density at radius 3 is 2.07 bits per heavy atom. The predicted molar refractivity (Wildman–Crippen MR) is 105 cm³/mol. The predicted octanol–water partition coefficient (Wildman–Crippen LogP) is 4.45. The topological polar surface area (TPSA) is 94.0 Å². The van der Waals surface area contributed by atoms with Gasteiger partial charge in [0, 0.05) is 22.6 Å². The first-order chi connectivity index (χ1) is 13.1. The molecule has 3 rings (SSSR count). The summed E-state index contributed by atoms with van der Waals surface area (Å²) in [6.07, 6.45) is 0. The number of nitriles is 1. The number of nitrogens with zero attached hydrogens (tertiary/aromatic N) is 1. The van der Waals surface area contributed by atoms with Crippen LogP contribution in [0.2, 0.25) is 0 Å². The molecule has 0 saturated heterocycles. The van der Waals surface area contributed by atoms with Crippen LogP contribution < -0.4 is 16.0 Å². The van der Waals surface area contributed by atoms with Gasteiger partial charge in [0.1, 0.15) is 0 Å². The van der Waals surface area contributed by atoms with Crippen molar-refractivity contribution in [2.75, 3.05) is 16.0 Å². The maximum atomic E-state index is 12.3. The standard InChI is InChI=1S/C21H16N4O2/c22-14-15-6-4-7-16(12-15)20(26)23-18-10-5-11-19(13-18)25-21(27)24-17-8-2-1-3-9-17/h1-13H,(H,23,26)(H2,24,25,27). The number of amides is 3. The molecule has 0 radical (unpaired) electrons. The zero-order chi connectivity index (χ0) is 19.1. The fraction of sp³-hybridized carbons (Fsp3) is 0. The smallest absolute Gasteiger partial charge is 0.322 e. The molecule has 6 heteroatoms. The molecule has 0 aliphatic carbocycles. The summed E-state index contributed by atoms with van der Waals surface area (Å²) in [4.78, 5) is 24.4. The molecule has 0 fully saturated rings. The largest absolute Gasteiger partial charge is 0.323 e. The first kappa shape index (κ1) is 17.7.